The fourth-order valence-electron chi connectivity index (χ4n) is 1.66. The maximum absolute atomic E-state index is 11.3. The van der Waals surface area contributed by atoms with Crippen LogP contribution in [0.2, 0.25) is 0 Å². The van der Waals surface area contributed by atoms with E-state index in [1.54, 1.807) is 7.11 Å². The van der Waals surface area contributed by atoms with Gasteiger partial charge in [0.2, 0.25) is 0 Å². The van der Waals surface area contributed by atoms with Gasteiger partial charge >= 0.3 is 5.76 Å². The topological polar surface area (TPSA) is 66.5 Å². The molecule has 1 saturated carbocycles. The second-order valence-corrected chi connectivity index (χ2v) is 4.29. The minimum Gasteiger partial charge on any atom is -0.380 e. The molecule has 0 amide bonds. The minimum atomic E-state index is -0.456. The summed E-state index contributed by atoms with van der Waals surface area (Å²) in [5.41, 5.74) is 0. The quantitative estimate of drug-likeness (QED) is 0.631. The van der Waals surface area contributed by atoms with Crippen LogP contribution in [0.4, 0.5) is 0 Å². The highest BCUT2D eigenvalue weighted by Crippen LogP contribution is 2.31. The molecule has 0 bridgehead atoms. The van der Waals surface area contributed by atoms with Gasteiger partial charge in [0.15, 0.2) is 5.82 Å². The van der Waals surface area contributed by atoms with Crippen molar-refractivity contribution in [1.82, 2.24) is 9.72 Å². The molecule has 0 atom stereocenters. The van der Waals surface area contributed by atoms with E-state index in [1.807, 2.05) is 0 Å². The molecule has 96 valence electrons. The third kappa shape index (κ3) is 3.67. The first-order valence-corrected chi connectivity index (χ1v) is 5.93. The molecule has 6 nitrogen and oxygen atoms in total. The molecule has 1 aliphatic rings. The van der Waals surface area contributed by atoms with Gasteiger partial charge in [-0.2, -0.15) is 0 Å². The lowest BCUT2D eigenvalue weighted by molar-refractivity contribution is 0.116. The van der Waals surface area contributed by atoms with Crippen LogP contribution < -0.4 is 5.76 Å². The number of nitrogens with zero attached hydrogens (tertiary/aromatic N) is 2. The van der Waals surface area contributed by atoms with E-state index in [2.05, 4.69) is 9.68 Å². The highest BCUT2D eigenvalue weighted by atomic mass is 16.5. The Morgan fingerprint density at radius 3 is 3.00 bits per heavy atom. The molecule has 0 spiro atoms. The Hall–Kier alpha value is -1.14. The van der Waals surface area contributed by atoms with Gasteiger partial charge in [0.05, 0.1) is 13.2 Å². The largest absolute Gasteiger partial charge is 0.441 e. The molecule has 0 saturated heterocycles. The summed E-state index contributed by atoms with van der Waals surface area (Å²) in [6, 6.07) is 0. The Kier molecular flexibility index (Phi) is 4.33. The van der Waals surface area contributed by atoms with Crippen LogP contribution in [-0.4, -0.2) is 30.0 Å². The van der Waals surface area contributed by atoms with Gasteiger partial charge in [0.25, 0.3) is 0 Å². The van der Waals surface area contributed by atoms with Crippen LogP contribution in [0.15, 0.2) is 9.32 Å². The summed E-state index contributed by atoms with van der Waals surface area (Å²) in [7, 11) is 1.55. The van der Waals surface area contributed by atoms with E-state index in [9.17, 15) is 4.79 Å². The van der Waals surface area contributed by atoms with Crippen LogP contribution in [-0.2, 0) is 22.6 Å². The number of hydrogen-bond acceptors (Lipinski definition) is 5. The number of aromatic nitrogens is 2. The van der Waals surface area contributed by atoms with Gasteiger partial charge in [-0.05, 0) is 12.3 Å². The lowest BCUT2D eigenvalue weighted by atomic mass is 10.3. The van der Waals surface area contributed by atoms with Crippen molar-refractivity contribution in [3.8, 4) is 0 Å². The van der Waals surface area contributed by atoms with Crippen molar-refractivity contribution in [2.24, 2.45) is 5.92 Å². The molecule has 2 rings (SSSR count). The SMILES string of the molecule is COCc1noc(=O)n1CCOCCC1CC1. The second-order valence-electron chi connectivity index (χ2n) is 4.29. The minimum absolute atomic E-state index is 0.272. The molecule has 6 heteroatoms. The Labute approximate surface area is 99.5 Å². The fraction of sp³-hybridized carbons (Fsp3) is 0.818. The molecule has 1 heterocycles. The predicted octanol–water partition coefficient (Wildman–Crippen LogP) is 0.799. The summed E-state index contributed by atoms with van der Waals surface area (Å²) >= 11 is 0. The fourth-order valence-corrected chi connectivity index (χ4v) is 1.66. The summed E-state index contributed by atoms with van der Waals surface area (Å²) < 4.78 is 16.4. The summed E-state index contributed by atoms with van der Waals surface area (Å²) in [5.74, 6) is 0.920. The van der Waals surface area contributed by atoms with E-state index in [0.717, 1.165) is 18.9 Å². The first kappa shape index (κ1) is 12.3. The number of rotatable bonds is 8. The molecule has 17 heavy (non-hydrogen) atoms. The normalized spacial score (nSPS) is 15.4. The molecule has 0 radical (unpaired) electrons. The lowest BCUT2D eigenvalue weighted by Crippen LogP contribution is -2.20. The molecule has 1 aromatic heterocycles. The van der Waals surface area contributed by atoms with Gasteiger partial charge in [0, 0.05) is 13.7 Å². The molecule has 0 aliphatic heterocycles. The Morgan fingerprint density at radius 2 is 2.29 bits per heavy atom. The third-order valence-corrected chi connectivity index (χ3v) is 2.86. The summed E-state index contributed by atoms with van der Waals surface area (Å²) in [5, 5.41) is 3.64. The van der Waals surface area contributed by atoms with E-state index in [1.165, 1.54) is 17.4 Å². The first-order valence-electron chi connectivity index (χ1n) is 5.93. The zero-order valence-corrected chi connectivity index (χ0v) is 10.1. The van der Waals surface area contributed by atoms with Crippen LogP contribution in [0.25, 0.3) is 0 Å². The molecule has 0 unspecified atom stereocenters. The van der Waals surface area contributed by atoms with E-state index in [0.29, 0.717) is 19.0 Å². The predicted molar refractivity (Wildman–Crippen MR) is 59.6 cm³/mol. The lowest BCUT2D eigenvalue weighted by Gasteiger charge is -2.05. The average Bonchev–Trinajstić information content (AvgIpc) is 3.07. The average molecular weight is 242 g/mol. The highest BCUT2D eigenvalue weighted by Gasteiger charge is 2.20. The summed E-state index contributed by atoms with van der Waals surface area (Å²) in [6.07, 6.45) is 3.81. The van der Waals surface area contributed by atoms with Crippen molar-refractivity contribution in [2.75, 3.05) is 20.3 Å². The molecular formula is C11H18N2O4. The smallest absolute Gasteiger partial charge is 0.380 e. The van der Waals surface area contributed by atoms with Gasteiger partial charge in [-0.15, -0.1) is 0 Å². The number of hydrogen-bond donors (Lipinski definition) is 0. The van der Waals surface area contributed by atoms with Crippen LogP contribution in [0.3, 0.4) is 0 Å². The standard InChI is InChI=1S/C11H18N2O4/c1-15-8-10-12-17-11(14)13(10)5-7-16-6-4-9-2-3-9/h9H,2-8H2,1H3. The van der Waals surface area contributed by atoms with Crippen LogP contribution in [0.5, 0.6) is 0 Å². The van der Waals surface area contributed by atoms with Crippen molar-refractivity contribution in [1.29, 1.82) is 0 Å². The Bertz CT molecular complexity index is 394. The molecule has 1 aliphatic carbocycles. The number of methoxy groups -OCH3 is 1. The highest BCUT2D eigenvalue weighted by molar-refractivity contribution is 4.80. The van der Waals surface area contributed by atoms with E-state index < -0.39 is 5.76 Å². The zero-order chi connectivity index (χ0) is 12.1. The van der Waals surface area contributed by atoms with Crippen molar-refractivity contribution >= 4 is 0 Å². The molecule has 0 N–H and O–H groups in total. The van der Waals surface area contributed by atoms with Gasteiger partial charge < -0.3 is 9.47 Å². The Morgan fingerprint density at radius 1 is 1.47 bits per heavy atom. The molecular weight excluding hydrogens is 224 g/mol. The summed E-state index contributed by atoms with van der Waals surface area (Å²) in [4.78, 5) is 11.3. The second kappa shape index (κ2) is 5.97. The first-order chi connectivity index (χ1) is 8.31. The van der Waals surface area contributed by atoms with Gasteiger partial charge in [-0.25, -0.2) is 4.79 Å². The monoisotopic (exact) mass is 242 g/mol. The van der Waals surface area contributed by atoms with Crippen LogP contribution >= 0.6 is 0 Å². The van der Waals surface area contributed by atoms with E-state index >= 15 is 0 Å². The molecule has 1 aromatic rings. The van der Waals surface area contributed by atoms with Crippen molar-refractivity contribution in [3.63, 3.8) is 0 Å². The van der Waals surface area contributed by atoms with Gasteiger partial charge in [-0.1, -0.05) is 18.0 Å². The van der Waals surface area contributed by atoms with Gasteiger partial charge in [0.1, 0.15) is 6.61 Å². The molecule has 1 fully saturated rings. The van der Waals surface area contributed by atoms with Crippen molar-refractivity contribution in [2.45, 2.75) is 32.4 Å². The maximum Gasteiger partial charge on any atom is 0.441 e. The van der Waals surface area contributed by atoms with Gasteiger partial charge in [-0.3, -0.25) is 9.09 Å². The van der Waals surface area contributed by atoms with Crippen LogP contribution in [0, 0.1) is 5.92 Å². The summed E-state index contributed by atoms with van der Waals surface area (Å²) in [6.45, 7) is 2.01. The van der Waals surface area contributed by atoms with E-state index in [4.69, 9.17) is 9.47 Å². The zero-order valence-electron chi connectivity index (χ0n) is 10.1. The maximum atomic E-state index is 11.3. The van der Waals surface area contributed by atoms with Crippen molar-refractivity contribution < 1.29 is 14.0 Å². The third-order valence-electron chi connectivity index (χ3n) is 2.86. The Balaban J connectivity index is 1.72. The van der Waals surface area contributed by atoms with E-state index in [-0.39, 0.29) is 6.61 Å². The van der Waals surface area contributed by atoms with Crippen LogP contribution in [0.1, 0.15) is 25.1 Å². The number of ether oxygens (including phenoxy) is 2. The van der Waals surface area contributed by atoms with Crippen molar-refractivity contribution in [3.05, 3.63) is 16.4 Å². The molecule has 0 aromatic carbocycles.